The van der Waals surface area contributed by atoms with E-state index in [9.17, 15) is 16.8 Å². The first kappa shape index (κ1) is 20.3. The molecule has 1 aromatic rings. The molecule has 0 saturated heterocycles. The van der Waals surface area contributed by atoms with E-state index in [2.05, 4.69) is 9.44 Å². The molecule has 1 aromatic carbocycles. The summed E-state index contributed by atoms with van der Waals surface area (Å²) in [5.41, 5.74) is 5.86. The van der Waals surface area contributed by atoms with Gasteiger partial charge >= 0.3 is 0 Å². The zero-order valence-electron chi connectivity index (χ0n) is 12.7. The van der Waals surface area contributed by atoms with Gasteiger partial charge in [0, 0.05) is 12.1 Å². The number of benzene rings is 1. The van der Waals surface area contributed by atoms with Crippen LogP contribution in [0.2, 0.25) is 0 Å². The minimum absolute atomic E-state index is 0. The van der Waals surface area contributed by atoms with Crippen molar-refractivity contribution < 1.29 is 16.8 Å². The van der Waals surface area contributed by atoms with Crippen LogP contribution >= 0.6 is 12.4 Å². The maximum atomic E-state index is 12.3. The molecule has 0 amide bonds. The van der Waals surface area contributed by atoms with Crippen LogP contribution in [-0.4, -0.2) is 36.0 Å². The highest BCUT2D eigenvalue weighted by atomic mass is 35.5. The van der Waals surface area contributed by atoms with Gasteiger partial charge in [-0.1, -0.05) is 6.42 Å². The van der Waals surface area contributed by atoms with Gasteiger partial charge in [0.1, 0.15) is 0 Å². The first-order valence-corrected chi connectivity index (χ1v) is 10.0. The number of rotatable bonds is 5. The van der Waals surface area contributed by atoms with Crippen LogP contribution in [0.25, 0.3) is 0 Å². The molecule has 2 rings (SSSR count). The van der Waals surface area contributed by atoms with Crippen molar-refractivity contribution in [3.63, 3.8) is 0 Å². The molecule has 0 aliphatic heterocycles. The molecular formula is C13H22ClN3O4S2. The summed E-state index contributed by atoms with van der Waals surface area (Å²) >= 11 is 0. The molecule has 2 unspecified atom stereocenters. The van der Waals surface area contributed by atoms with Crippen molar-refractivity contribution in [2.45, 2.75) is 47.6 Å². The second-order valence-corrected chi connectivity index (χ2v) is 9.02. The Morgan fingerprint density at radius 3 is 2.00 bits per heavy atom. The molecule has 1 aliphatic rings. The van der Waals surface area contributed by atoms with Gasteiger partial charge in [-0.15, -0.1) is 12.4 Å². The van der Waals surface area contributed by atoms with E-state index in [0.717, 1.165) is 19.3 Å². The molecule has 10 heteroatoms. The molecule has 0 heterocycles. The van der Waals surface area contributed by atoms with Crippen LogP contribution < -0.4 is 15.2 Å². The van der Waals surface area contributed by atoms with Gasteiger partial charge in [-0.2, -0.15) is 0 Å². The van der Waals surface area contributed by atoms with Crippen molar-refractivity contribution in [1.29, 1.82) is 0 Å². The molecule has 1 fully saturated rings. The summed E-state index contributed by atoms with van der Waals surface area (Å²) < 4.78 is 52.7. The monoisotopic (exact) mass is 383 g/mol. The van der Waals surface area contributed by atoms with Gasteiger partial charge in [-0.05, 0) is 50.6 Å². The van der Waals surface area contributed by atoms with Gasteiger partial charge < -0.3 is 5.73 Å². The maximum absolute atomic E-state index is 12.3. The van der Waals surface area contributed by atoms with Crippen molar-refractivity contribution >= 4 is 32.5 Å². The Hall–Kier alpha value is -0.710. The molecule has 1 saturated carbocycles. The third kappa shape index (κ3) is 5.13. The van der Waals surface area contributed by atoms with Crippen LogP contribution in [0, 0.1) is 0 Å². The van der Waals surface area contributed by atoms with Crippen LogP contribution in [0.1, 0.15) is 25.7 Å². The summed E-state index contributed by atoms with van der Waals surface area (Å²) in [6, 6.07) is 4.96. The molecule has 0 aromatic heterocycles. The third-order valence-corrected chi connectivity index (χ3v) is 6.72. The highest BCUT2D eigenvalue weighted by Crippen LogP contribution is 2.20. The van der Waals surface area contributed by atoms with E-state index in [0.29, 0.717) is 6.42 Å². The number of hydrogen-bond donors (Lipinski definition) is 3. The average molecular weight is 384 g/mol. The molecule has 2 atom stereocenters. The van der Waals surface area contributed by atoms with Crippen molar-refractivity contribution in [3.8, 4) is 0 Å². The number of nitrogens with one attached hydrogen (secondary N) is 2. The molecule has 23 heavy (non-hydrogen) atoms. The summed E-state index contributed by atoms with van der Waals surface area (Å²) in [5.74, 6) is 0. The predicted molar refractivity (Wildman–Crippen MR) is 90.5 cm³/mol. The van der Waals surface area contributed by atoms with Gasteiger partial charge in [0.2, 0.25) is 20.0 Å². The predicted octanol–water partition coefficient (Wildman–Crippen LogP) is 0.565. The zero-order valence-corrected chi connectivity index (χ0v) is 15.2. The third-order valence-electron chi connectivity index (χ3n) is 3.75. The van der Waals surface area contributed by atoms with Gasteiger partial charge in [0.05, 0.1) is 9.79 Å². The van der Waals surface area contributed by atoms with E-state index in [4.69, 9.17) is 5.73 Å². The fraction of sp³-hybridized carbons (Fsp3) is 0.538. The summed E-state index contributed by atoms with van der Waals surface area (Å²) in [6.07, 6.45) is 3.19. The molecule has 7 nitrogen and oxygen atoms in total. The van der Waals surface area contributed by atoms with Crippen LogP contribution in [0.4, 0.5) is 0 Å². The number of halogens is 1. The Kier molecular flexibility index (Phi) is 6.99. The summed E-state index contributed by atoms with van der Waals surface area (Å²) in [6.45, 7) is 0. The standard InChI is InChI=1S/C13H21N3O4S2.ClH/c1-15-21(17,18)12-5-7-13(8-6-12)22(19,20)16-11-4-2-3-10(14)9-11;/h5-8,10-11,15-16H,2-4,9,14H2,1H3;1H. The minimum Gasteiger partial charge on any atom is -0.328 e. The maximum Gasteiger partial charge on any atom is 0.240 e. The van der Waals surface area contributed by atoms with Crippen LogP contribution in [0.3, 0.4) is 0 Å². The summed E-state index contributed by atoms with van der Waals surface area (Å²) in [7, 11) is -5.95. The van der Waals surface area contributed by atoms with Gasteiger partial charge in [-0.3, -0.25) is 0 Å². The Balaban J connectivity index is 0.00000264. The fourth-order valence-corrected chi connectivity index (χ4v) is 4.55. The van der Waals surface area contributed by atoms with Crippen molar-refractivity contribution in [2.24, 2.45) is 5.73 Å². The van der Waals surface area contributed by atoms with E-state index < -0.39 is 20.0 Å². The Bertz CT molecular complexity index is 720. The zero-order chi connectivity index (χ0) is 16.4. The normalized spacial score (nSPS) is 22.3. The number of nitrogens with two attached hydrogens (primary N) is 1. The van der Waals surface area contributed by atoms with Gasteiger partial charge in [0.15, 0.2) is 0 Å². The SMILES string of the molecule is CNS(=O)(=O)c1ccc(S(=O)(=O)NC2CCCC(N)C2)cc1.Cl. The first-order chi connectivity index (χ1) is 10.2. The quantitative estimate of drug-likeness (QED) is 0.686. The smallest absolute Gasteiger partial charge is 0.240 e. The first-order valence-electron chi connectivity index (χ1n) is 7.06. The van der Waals surface area contributed by atoms with E-state index in [1.54, 1.807) is 0 Å². The number of sulfonamides is 2. The average Bonchev–Trinajstić information content (AvgIpc) is 2.47. The van der Waals surface area contributed by atoms with Crippen molar-refractivity contribution in [1.82, 2.24) is 9.44 Å². The van der Waals surface area contributed by atoms with Crippen molar-refractivity contribution in [2.75, 3.05) is 7.05 Å². The van der Waals surface area contributed by atoms with Crippen LogP contribution in [0.5, 0.6) is 0 Å². The largest absolute Gasteiger partial charge is 0.328 e. The lowest BCUT2D eigenvalue weighted by Crippen LogP contribution is -2.42. The molecular weight excluding hydrogens is 362 g/mol. The summed E-state index contributed by atoms with van der Waals surface area (Å²) in [4.78, 5) is 0.0651. The molecule has 4 N–H and O–H groups in total. The second-order valence-electron chi connectivity index (χ2n) is 5.42. The summed E-state index contributed by atoms with van der Waals surface area (Å²) in [5, 5.41) is 0. The lowest BCUT2D eigenvalue weighted by Gasteiger charge is -2.27. The lowest BCUT2D eigenvalue weighted by molar-refractivity contribution is 0.371. The molecule has 0 bridgehead atoms. The fourth-order valence-electron chi connectivity index (χ4n) is 2.54. The molecule has 1 aliphatic carbocycles. The Morgan fingerprint density at radius 2 is 1.52 bits per heavy atom. The second kappa shape index (κ2) is 7.91. The Morgan fingerprint density at radius 1 is 1.00 bits per heavy atom. The number of hydrogen-bond acceptors (Lipinski definition) is 5. The highest BCUT2D eigenvalue weighted by molar-refractivity contribution is 7.90. The minimum atomic E-state index is -3.67. The molecule has 0 spiro atoms. The van der Waals surface area contributed by atoms with Gasteiger partial charge in [-0.25, -0.2) is 26.3 Å². The van der Waals surface area contributed by atoms with Crippen LogP contribution in [-0.2, 0) is 20.0 Å². The topological polar surface area (TPSA) is 118 Å². The molecule has 132 valence electrons. The van der Waals surface area contributed by atoms with E-state index in [-0.39, 0.29) is 34.3 Å². The van der Waals surface area contributed by atoms with E-state index in [1.807, 2.05) is 0 Å². The van der Waals surface area contributed by atoms with Crippen molar-refractivity contribution in [3.05, 3.63) is 24.3 Å². The molecule has 0 radical (unpaired) electrons. The Labute approximate surface area is 143 Å². The van der Waals surface area contributed by atoms with E-state index in [1.165, 1.54) is 31.3 Å². The van der Waals surface area contributed by atoms with Gasteiger partial charge in [0.25, 0.3) is 0 Å². The van der Waals surface area contributed by atoms with E-state index >= 15 is 0 Å². The lowest BCUT2D eigenvalue weighted by atomic mass is 9.92. The van der Waals surface area contributed by atoms with Crippen LogP contribution in [0.15, 0.2) is 34.1 Å². The highest BCUT2D eigenvalue weighted by Gasteiger charge is 2.25.